The summed E-state index contributed by atoms with van der Waals surface area (Å²) in [5.74, 6) is -0.338. The van der Waals surface area contributed by atoms with Gasteiger partial charge in [0.2, 0.25) is 0 Å². The van der Waals surface area contributed by atoms with Crippen LogP contribution in [0.4, 0.5) is 0 Å². The predicted octanol–water partition coefficient (Wildman–Crippen LogP) is 2.91. The number of nitriles is 1. The Morgan fingerprint density at radius 3 is 2.79 bits per heavy atom. The number of nitrogens with zero attached hydrogens (tertiary/aromatic N) is 1. The lowest BCUT2D eigenvalue weighted by molar-refractivity contribution is 0.0531. The Morgan fingerprint density at radius 1 is 1.47 bits per heavy atom. The molecule has 4 nitrogen and oxygen atoms in total. The highest BCUT2D eigenvalue weighted by Gasteiger charge is 2.34. The van der Waals surface area contributed by atoms with Crippen LogP contribution in [-0.2, 0) is 4.74 Å². The minimum atomic E-state index is -0.860. The molecule has 2 rings (SSSR count). The highest BCUT2D eigenvalue weighted by atomic mass is 79.9. The SMILES string of the molecule is N#CC1(NC(=O)c2cccc(Br)c2Cl)CCOCC1. The third-order valence-corrected chi connectivity index (χ3v) is 4.41. The Labute approximate surface area is 124 Å². The van der Waals surface area contributed by atoms with Crippen LogP contribution in [0.1, 0.15) is 23.2 Å². The second-order valence-corrected chi connectivity index (χ2v) is 5.59. The molecule has 6 heteroatoms. The summed E-state index contributed by atoms with van der Waals surface area (Å²) in [6.07, 6.45) is 0.974. The molecule has 0 saturated carbocycles. The lowest BCUT2D eigenvalue weighted by Gasteiger charge is -2.31. The monoisotopic (exact) mass is 342 g/mol. The number of hydrogen-bond acceptors (Lipinski definition) is 3. The number of carbonyl (C=O) groups is 1. The largest absolute Gasteiger partial charge is 0.381 e. The van der Waals surface area contributed by atoms with Gasteiger partial charge in [0.1, 0.15) is 5.54 Å². The van der Waals surface area contributed by atoms with E-state index in [9.17, 15) is 10.1 Å². The van der Waals surface area contributed by atoms with Crippen LogP contribution in [0.25, 0.3) is 0 Å². The lowest BCUT2D eigenvalue weighted by Crippen LogP contribution is -2.51. The van der Waals surface area contributed by atoms with Gasteiger partial charge >= 0.3 is 0 Å². The standard InChI is InChI=1S/C13H12BrClN2O2/c14-10-3-1-2-9(11(10)15)12(18)17-13(8-16)4-6-19-7-5-13/h1-3H,4-7H2,(H,17,18). The van der Waals surface area contributed by atoms with E-state index in [-0.39, 0.29) is 5.91 Å². The third kappa shape index (κ3) is 3.08. The Hall–Kier alpha value is -1.09. The van der Waals surface area contributed by atoms with E-state index >= 15 is 0 Å². The van der Waals surface area contributed by atoms with E-state index in [0.29, 0.717) is 41.1 Å². The van der Waals surface area contributed by atoms with E-state index in [1.165, 1.54) is 0 Å². The maximum absolute atomic E-state index is 12.2. The van der Waals surface area contributed by atoms with Crippen LogP contribution in [-0.4, -0.2) is 24.7 Å². The molecule has 0 aromatic heterocycles. The number of halogens is 2. The van der Waals surface area contributed by atoms with Crippen molar-refractivity contribution in [3.05, 3.63) is 33.3 Å². The molecule has 19 heavy (non-hydrogen) atoms. The van der Waals surface area contributed by atoms with E-state index < -0.39 is 5.54 Å². The fourth-order valence-corrected chi connectivity index (χ4v) is 2.53. The van der Waals surface area contributed by atoms with Crippen LogP contribution < -0.4 is 5.32 Å². The van der Waals surface area contributed by atoms with Gasteiger partial charge in [0.05, 0.1) is 16.7 Å². The number of nitrogens with one attached hydrogen (secondary N) is 1. The first-order chi connectivity index (χ1) is 9.08. The van der Waals surface area contributed by atoms with Gasteiger partial charge in [-0.3, -0.25) is 4.79 Å². The smallest absolute Gasteiger partial charge is 0.254 e. The van der Waals surface area contributed by atoms with Crippen molar-refractivity contribution in [1.82, 2.24) is 5.32 Å². The lowest BCUT2D eigenvalue weighted by atomic mass is 9.91. The van der Waals surface area contributed by atoms with Gasteiger partial charge in [-0.05, 0) is 28.1 Å². The first-order valence-corrected chi connectivity index (χ1v) is 7.01. The molecule has 0 bridgehead atoms. The molecule has 0 radical (unpaired) electrons. The fourth-order valence-electron chi connectivity index (χ4n) is 1.95. The van der Waals surface area contributed by atoms with E-state index in [4.69, 9.17) is 16.3 Å². The van der Waals surface area contributed by atoms with Crippen LogP contribution in [0, 0.1) is 11.3 Å². The van der Waals surface area contributed by atoms with Gasteiger partial charge in [-0.15, -0.1) is 0 Å². The molecule has 1 N–H and O–H groups in total. The first-order valence-electron chi connectivity index (χ1n) is 5.83. The van der Waals surface area contributed by atoms with Gasteiger partial charge in [0, 0.05) is 30.5 Å². The normalized spacial score (nSPS) is 17.5. The summed E-state index contributed by atoms with van der Waals surface area (Å²) in [7, 11) is 0. The fraction of sp³-hybridized carbons (Fsp3) is 0.385. The molecule has 1 fully saturated rings. The molecule has 1 heterocycles. The Bertz CT molecular complexity index is 536. The van der Waals surface area contributed by atoms with Gasteiger partial charge < -0.3 is 10.1 Å². The maximum Gasteiger partial charge on any atom is 0.254 e. The number of hydrogen-bond donors (Lipinski definition) is 1. The Balaban J connectivity index is 2.21. The zero-order valence-corrected chi connectivity index (χ0v) is 12.4. The Kier molecular flexibility index (Phi) is 4.46. The maximum atomic E-state index is 12.2. The minimum Gasteiger partial charge on any atom is -0.381 e. The summed E-state index contributed by atoms with van der Waals surface area (Å²) >= 11 is 9.35. The van der Waals surface area contributed by atoms with E-state index in [2.05, 4.69) is 27.3 Å². The second-order valence-electron chi connectivity index (χ2n) is 4.36. The zero-order chi connectivity index (χ0) is 13.9. The molecule has 0 spiro atoms. The number of ether oxygens (including phenoxy) is 1. The summed E-state index contributed by atoms with van der Waals surface area (Å²) in [6.45, 7) is 0.945. The van der Waals surface area contributed by atoms with Gasteiger partial charge in [-0.1, -0.05) is 17.7 Å². The zero-order valence-electron chi connectivity index (χ0n) is 10.1. The molecule has 0 atom stereocenters. The average Bonchev–Trinajstić information content (AvgIpc) is 2.42. The summed E-state index contributed by atoms with van der Waals surface area (Å²) in [4.78, 5) is 12.2. The van der Waals surface area contributed by atoms with Crippen molar-refractivity contribution in [2.75, 3.05) is 13.2 Å². The van der Waals surface area contributed by atoms with Crippen molar-refractivity contribution in [2.24, 2.45) is 0 Å². The summed E-state index contributed by atoms with van der Waals surface area (Å²) in [6, 6.07) is 7.30. The van der Waals surface area contributed by atoms with Crippen molar-refractivity contribution in [2.45, 2.75) is 18.4 Å². The number of carbonyl (C=O) groups excluding carboxylic acids is 1. The van der Waals surface area contributed by atoms with E-state index in [0.717, 1.165) is 0 Å². The number of rotatable bonds is 2. The molecule has 0 unspecified atom stereocenters. The molecule has 100 valence electrons. The molecule has 0 aliphatic carbocycles. The van der Waals surface area contributed by atoms with Crippen LogP contribution in [0.2, 0.25) is 5.02 Å². The average molecular weight is 344 g/mol. The van der Waals surface area contributed by atoms with Crippen LogP contribution in [0.3, 0.4) is 0 Å². The van der Waals surface area contributed by atoms with Crippen LogP contribution in [0.5, 0.6) is 0 Å². The topological polar surface area (TPSA) is 62.1 Å². The quantitative estimate of drug-likeness (QED) is 0.898. The van der Waals surface area contributed by atoms with Crippen molar-refractivity contribution >= 4 is 33.4 Å². The third-order valence-electron chi connectivity index (χ3n) is 3.11. The van der Waals surface area contributed by atoms with Crippen molar-refractivity contribution in [3.63, 3.8) is 0 Å². The predicted molar refractivity (Wildman–Crippen MR) is 75.0 cm³/mol. The van der Waals surface area contributed by atoms with Gasteiger partial charge in [0.25, 0.3) is 5.91 Å². The summed E-state index contributed by atoms with van der Waals surface area (Å²) < 4.78 is 5.87. The van der Waals surface area contributed by atoms with E-state index in [1.807, 2.05) is 0 Å². The highest BCUT2D eigenvalue weighted by molar-refractivity contribution is 9.10. The highest BCUT2D eigenvalue weighted by Crippen LogP contribution is 2.27. The molecular formula is C13H12BrClN2O2. The Morgan fingerprint density at radius 2 is 2.16 bits per heavy atom. The number of amides is 1. The minimum absolute atomic E-state index is 0.338. The molecule has 1 aliphatic heterocycles. The molecule has 1 saturated heterocycles. The van der Waals surface area contributed by atoms with Crippen LogP contribution in [0.15, 0.2) is 22.7 Å². The molecule has 1 aromatic rings. The molecular weight excluding hydrogens is 332 g/mol. The van der Waals surface area contributed by atoms with Gasteiger partial charge in [-0.2, -0.15) is 5.26 Å². The van der Waals surface area contributed by atoms with Crippen molar-refractivity contribution < 1.29 is 9.53 Å². The van der Waals surface area contributed by atoms with Crippen LogP contribution >= 0.6 is 27.5 Å². The van der Waals surface area contributed by atoms with Crippen molar-refractivity contribution in [3.8, 4) is 6.07 Å². The second kappa shape index (κ2) is 5.91. The van der Waals surface area contributed by atoms with Crippen molar-refractivity contribution in [1.29, 1.82) is 5.26 Å². The van der Waals surface area contributed by atoms with E-state index in [1.54, 1.807) is 18.2 Å². The van der Waals surface area contributed by atoms with Gasteiger partial charge in [0.15, 0.2) is 0 Å². The molecule has 1 aromatic carbocycles. The van der Waals surface area contributed by atoms with Gasteiger partial charge in [-0.25, -0.2) is 0 Å². The molecule has 1 amide bonds. The number of benzene rings is 1. The summed E-state index contributed by atoms with van der Waals surface area (Å²) in [5, 5.41) is 12.4. The molecule has 1 aliphatic rings. The first kappa shape index (κ1) is 14.3. The summed E-state index contributed by atoms with van der Waals surface area (Å²) in [5.41, 5.74) is -0.502.